The Kier molecular flexibility index (Phi) is 4.33. The summed E-state index contributed by atoms with van der Waals surface area (Å²) in [4.78, 5) is 18.0. The summed E-state index contributed by atoms with van der Waals surface area (Å²) in [5, 5.41) is 4.29. The Morgan fingerprint density at radius 1 is 1.50 bits per heavy atom. The van der Waals surface area contributed by atoms with E-state index in [0.717, 1.165) is 51.0 Å². The van der Waals surface area contributed by atoms with Crippen molar-refractivity contribution in [2.45, 2.75) is 58.5 Å². The zero-order chi connectivity index (χ0) is 13.0. The minimum atomic E-state index is 0.121. The van der Waals surface area contributed by atoms with Gasteiger partial charge < -0.3 is 4.90 Å². The standard InChI is InChI=1S/C13H22N4O/c1-3-4-9-17-13(14-10-15-17)12-7-5-6-8-16(12)11(2)18/h10,12H,3-9H2,1-2H3. The predicted molar refractivity (Wildman–Crippen MR) is 68.9 cm³/mol. The molecule has 1 fully saturated rings. The molecule has 0 aromatic carbocycles. The largest absolute Gasteiger partial charge is 0.333 e. The van der Waals surface area contributed by atoms with Gasteiger partial charge in [-0.15, -0.1) is 0 Å². The maximum absolute atomic E-state index is 11.7. The molecule has 1 aromatic rings. The Morgan fingerprint density at radius 2 is 2.33 bits per heavy atom. The van der Waals surface area contributed by atoms with Gasteiger partial charge in [-0.05, 0) is 25.7 Å². The fourth-order valence-electron chi connectivity index (χ4n) is 2.59. The monoisotopic (exact) mass is 250 g/mol. The summed E-state index contributed by atoms with van der Waals surface area (Å²) in [6.45, 7) is 5.55. The maximum Gasteiger partial charge on any atom is 0.220 e. The maximum atomic E-state index is 11.7. The van der Waals surface area contributed by atoms with Gasteiger partial charge in [0.1, 0.15) is 12.2 Å². The average molecular weight is 250 g/mol. The highest BCUT2D eigenvalue weighted by Gasteiger charge is 2.29. The SMILES string of the molecule is CCCCn1ncnc1C1CCCCN1C(C)=O. The molecule has 0 bridgehead atoms. The van der Waals surface area contributed by atoms with E-state index in [1.807, 2.05) is 9.58 Å². The van der Waals surface area contributed by atoms with Crippen molar-refractivity contribution < 1.29 is 4.79 Å². The van der Waals surface area contributed by atoms with Crippen LogP contribution in [0.5, 0.6) is 0 Å². The molecule has 18 heavy (non-hydrogen) atoms. The van der Waals surface area contributed by atoms with Crippen LogP contribution in [0.4, 0.5) is 0 Å². The molecule has 0 radical (unpaired) electrons. The molecule has 100 valence electrons. The lowest BCUT2D eigenvalue weighted by atomic mass is 10.0. The van der Waals surface area contributed by atoms with Gasteiger partial charge >= 0.3 is 0 Å². The summed E-state index contributed by atoms with van der Waals surface area (Å²) >= 11 is 0. The van der Waals surface area contributed by atoms with E-state index in [1.54, 1.807) is 13.3 Å². The van der Waals surface area contributed by atoms with Crippen LogP contribution in [0.15, 0.2) is 6.33 Å². The van der Waals surface area contributed by atoms with Crippen LogP contribution in [0.25, 0.3) is 0 Å². The number of aromatic nitrogens is 3. The Bertz CT molecular complexity index is 401. The van der Waals surface area contributed by atoms with Crippen molar-refractivity contribution in [3.05, 3.63) is 12.2 Å². The molecule has 1 atom stereocenters. The molecule has 1 aliphatic rings. The molecule has 2 heterocycles. The van der Waals surface area contributed by atoms with Crippen molar-refractivity contribution in [2.75, 3.05) is 6.54 Å². The van der Waals surface area contributed by atoms with Gasteiger partial charge in [0, 0.05) is 20.0 Å². The van der Waals surface area contributed by atoms with Gasteiger partial charge in [0.25, 0.3) is 0 Å². The third-order valence-corrected chi connectivity index (χ3v) is 3.57. The molecule has 5 nitrogen and oxygen atoms in total. The Hall–Kier alpha value is -1.39. The normalized spacial score (nSPS) is 20.1. The number of rotatable bonds is 4. The lowest BCUT2D eigenvalue weighted by Crippen LogP contribution is -2.38. The highest BCUT2D eigenvalue weighted by atomic mass is 16.2. The van der Waals surface area contributed by atoms with E-state index in [-0.39, 0.29) is 11.9 Å². The van der Waals surface area contributed by atoms with Crippen molar-refractivity contribution in [1.82, 2.24) is 19.7 Å². The van der Waals surface area contributed by atoms with Gasteiger partial charge in [0.05, 0.1) is 6.04 Å². The molecule has 0 spiro atoms. The first kappa shape index (κ1) is 13.1. The number of piperidine rings is 1. The summed E-state index contributed by atoms with van der Waals surface area (Å²) in [6.07, 6.45) is 7.11. The molecule has 1 amide bonds. The topological polar surface area (TPSA) is 51.0 Å². The molecule has 5 heteroatoms. The number of nitrogens with zero attached hydrogens (tertiary/aromatic N) is 4. The van der Waals surface area contributed by atoms with Gasteiger partial charge in [0.15, 0.2) is 0 Å². The molecular formula is C13H22N4O. The fourth-order valence-corrected chi connectivity index (χ4v) is 2.59. The molecular weight excluding hydrogens is 228 g/mol. The first-order valence-electron chi connectivity index (χ1n) is 6.89. The van der Waals surface area contributed by atoms with E-state index in [4.69, 9.17) is 0 Å². The number of hydrogen-bond donors (Lipinski definition) is 0. The van der Waals surface area contributed by atoms with Crippen LogP contribution < -0.4 is 0 Å². The average Bonchev–Trinajstić information content (AvgIpc) is 2.84. The number of carbonyl (C=O) groups excluding carboxylic acids is 1. The Morgan fingerprint density at radius 3 is 3.06 bits per heavy atom. The zero-order valence-corrected chi connectivity index (χ0v) is 11.3. The van der Waals surface area contributed by atoms with Crippen molar-refractivity contribution in [2.24, 2.45) is 0 Å². The third-order valence-electron chi connectivity index (χ3n) is 3.57. The second-order valence-corrected chi connectivity index (χ2v) is 4.92. The van der Waals surface area contributed by atoms with Crippen molar-refractivity contribution in [1.29, 1.82) is 0 Å². The molecule has 0 N–H and O–H groups in total. The molecule has 1 aromatic heterocycles. The molecule has 0 saturated carbocycles. The highest BCUT2D eigenvalue weighted by molar-refractivity contribution is 5.73. The van der Waals surface area contributed by atoms with Gasteiger partial charge in [-0.3, -0.25) is 4.79 Å². The van der Waals surface area contributed by atoms with Crippen LogP contribution in [0.1, 0.15) is 57.8 Å². The second kappa shape index (κ2) is 5.98. The van der Waals surface area contributed by atoms with E-state index in [2.05, 4.69) is 17.0 Å². The molecule has 1 unspecified atom stereocenters. The first-order valence-corrected chi connectivity index (χ1v) is 6.89. The summed E-state index contributed by atoms with van der Waals surface area (Å²) < 4.78 is 1.97. The Labute approximate surface area is 108 Å². The number of amides is 1. The number of aryl methyl sites for hydroxylation is 1. The van der Waals surface area contributed by atoms with Gasteiger partial charge in [-0.1, -0.05) is 13.3 Å². The van der Waals surface area contributed by atoms with Crippen molar-refractivity contribution in [3.63, 3.8) is 0 Å². The Balaban J connectivity index is 2.17. The van der Waals surface area contributed by atoms with Crippen LogP contribution in [0, 0.1) is 0 Å². The second-order valence-electron chi connectivity index (χ2n) is 4.92. The van der Waals surface area contributed by atoms with Gasteiger partial charge in [-0.2, -0.15) is 5.10 Å². The fraction of sp³-hybridized carbons (Fsp3) is 0.769. The number of unbranched alkanes of at least 4 members (excludes halogenated alkanes) is 1. The zero-order valence-electron chi connectivity index (χ0n) is 11.3. The van der Waals surface area contributed by atoms with Crippen LogP contribution in [-0.4, -0.2) is 32.1 Å². The van der Waals surface area contributed by atoms with Crippen LogP contribution in [0.3, 0.4) is 0 Å². The van der Waals surface area contributed by atoms with E-state index < -0.39 is 0 Å². The summed E-state index contributed by atoms with van der Waals surface area (Å²) in [5.41, 5.74) is 0. The molecule has 1 aliphatic heterocycles. The predicted octanol–water partition coefficient (Wildman–Crippen LogP) is 2.15. The van der Waals surface area contributed by atoms with Crippen molar-refractivity contribution >= 4 is 5.91 Å². The quantitative estimate of drug-likeness (QED) is 0.822. The van der Waals surface area contributed by atoms with E-state index in [9.17, 15) is 4.79 Å². The number of likely N-dealkylation sites (tertiary alicyclic amines) is 1. The van der Waals surface area contributed by atoms with E-state index in [0.29, 0.717) is 0 Å². The smallest absolute Gasteiger partial charge is 0.220 e. The first-order chi connectivity index (χ1) is 8.74. The minimum Gasteiger partial charge on any atom is -0.333 e. The minimum absolute atomic E-state index is 0.121. The highest BCUT2D eigenvalue weighted by Crippen LogP contribution is 2.29. The molecule has 2 rings (SSSR count). The van der Waals surface area contributed by atoms with Gasteiger partial charge in [0.2, 0.25) is 5.91 Å². The van der Waals surface area contributed by atoms with Crippen LogP contribution in [0.2, 0.25) is 0 Å². The van der Waals surface area contributed by atoms with E-state index >= 15 is 0 Å². The molecule has 1 saturated heterocycles. The molecule has 0 aliphatic carbocycles. The summed E-state index contributed by atoms with van der Waals surface area (Å²) in [6, 6.07) is 0.121. The summed E-state index contributed by atoms with van der Waals surface area (Å²) in [7, 11) is 0. The van der Waals surface area contributed by atoms with Gasteiger partial charge in [-0.25, -0.2) is 9.67 Å². The summed E-state index contributed by atoms with van der Waals surface area (Å²) in [5.74, 6) is 1.10. The third kappa shape index (κ3) is 2.71. The van der Waals surface area contributed by atoms with Crippen LogP contribution in [-0.2, 0) is 11.3 Å². The number of carbonyl (C=O) groups is 1. The number of hydrogen-bond acceptors (Lipinski definition) is 3. The van der Waals surface area contributed by atoms with Crippen LogP contribution >= 0.6 is 0 Å². The lowest BCUT2D eigenvalue weighted by Gasteiger charge is -2.34. The van der Waals surface area contributed by atoms with Crippen molar-refractivity contribution in [3.8, 4) is 0 Å². The lowest BCUT2D eigenvalue weighted by molar-refractivity contribution is -0.132. The van der Waals surface area contributed by atoms with E-state index in [1.165, 1.54) is 0 Å².